The first-order chi connectivity index (χ1) is 7.63. The van der Waals surface area contributed by atoms with Crippen LogP contribution in [0.25, 0.3) is 0 Å². The number of halogens is 1. The molecule has 0 atom stereocenters. The van der Waals surface area contributed by atoms with Gasteiger partial charge in [0.05, 0.1) is 0 Å². The zero-order valence-electron chi connectivity index (χ0n) is 10.5. The lowest BCUT2D eigenvalue weighted by Gasteiger charge is -2.34. The molecule has 1 saturated carbocycles. The van der Waals surface area contributed by atoms with Crippen LogP contribution in [0.5, 0.6) is 0 Å². The Labute approximate surface area is 104 Å². The molecule has 1 rings (SSSR count). The van der Waals surface area contributed by atoms with Crippen LogP contribution >= 0.6 is 11.6 Å². The van der Waals surface area contributed by atoms with Crippen molar-refractivity contribution in [1.29, 1.82) is 0 Å². The Morgan fingerprint density at radius 2 is 2.00 bits per heavy atom. The molecule has 94 valence electrons. The first-order valence-corrected chi connectivity index (χ1v) is 6.95. The summed E-state index contributed by atoms with van der Waals surface area (Å²) in [6.45, 7) is 3.09. The van der Waals surface area contributed by atoms with Gasteiger partial charge in [-0.05, 0) is 25.2 Å². The molecule has 0 aromatic rings. The number of rotatable bonds is 7. The Hall–Kier alpha value is -0.240. The van der Waals surface area contributed by atoms with Gasteiger partial charge in [-0.15, -0.1) is 11.6 Å². The molecule has 1 fully saturated rings. The van der Waals surface area contributed by atoms with Gasteiger partial charge in [-0.1, -0.05) is 26.2 Å². The highest BCUT2D eigenvalue weighted by Crippen LogP contribution is 2.32. The van der Waals surface area contributed by atoms with Crippen molar-refractivity contribution in [3.8, 4) is 0 Å². The van der Waals surface area contributed by atoms with Crippen molar-refractivity contribution in [2.24, 2.45) is 5.92 Å². The summed E-state index contributed by atoms with van der Waals surface area (Å²) in [6.07, 6.45) is 7.57. The summed E-state index contributed by atoms with van der Waals surface area (Å²) in [5.74, 6) is 0.946. The number of unbranched alkanes of at least 4 members (excludes halogenated alkanes) is 3. The van der Waals surface area contributed by atoms with E-state index in [0.29, 0.717) is 23.6 Å². The molecule has 1 aliphatic carbocycles. The van der Waals surface area contributed by atoms with Crippen molar-refractivity contribution >= 4 is 17.5 Å². The molecule has 0 spiro atoms. The molecule has 0 heterocycles. The average Bonchev–Trinajstić information content (AvgIpc) is 2.21. The van der Waals surface area contributed by atoms with E-state index in [2.05, 4.69) is 6.92 Å². The summed E-state index contributed by atoms with van der Waals surface area (Å²) in [5.41, 5.74) is 0. The topological polar surface area (TPSA) is 20.3 Å². The fourth-order valence-electron chi connectivity index (χ4n) is 2.19. The first-order valence-electron chi connectivity index (χ1n) is 6.51. The van der Waals surface area contributed by atoms with Crippen LogP contribution in [0.15, 0.2) is 0 Å². The van der Waals surface area contributed by atoms with Crippen LogP contribution in [0, 0.1) is 5.92 Å². The maximum absolute atomic E-state index is 11.8. The lowest BCUT2D eigenvalue weighted by molar-refractivity contribution is -0.130. The van der Waals surface area contributed by atoms with E-state index in [0.717, 1.165) is 25.8 Å². The minimum absolute atomic E-state index is 0.300. The normalized spacial score (nSPS) is 23.9. The third-order valence-corrected chi connectivity index (χ3v) is 3.74. The Balaban J connectivity index is 2.06. The average molecular weight is 246 g/mol. The maximum atomic E-state index is 11.8. The summed E-state index contributed by atoms with van der Waals surface area (Å²) in [5, 5.41) is 0.359. The van der Waals surface area contributed by atoms with Crippen molar-refractivity contribution in [2.75, 3.05) is 13.6 Å². The van der Waals surface area contributed by atoms with E-state index in [1.807, 2.05) is 11.9 Å². The van der Waals surface area contributed by atoms with E-state index < -0.39 is 0 Å². The SMILES string of the molecule is CCCCCCC(=O)N(C)CC1CC(Cl)C1. The number of carbonyl (C=O) groups excluding carboxylic acids is 1. The summed E-state index contributed by atoms with van der Waals surface area (Å²) < 4.78 is 0. The quantitative estimate of drug-likeness (QED) is 0.497. The minimum Gasteiger partial charge on any atom is -0.345 e. The molecule has 1 aliphatic rings. The molecule has 16 heavy (non-hydrogen) atoms. The second-order valence-electron chi connectivity index (χ2n) is 5.02. The highest BCUT2D eigenvalue weighted by atomic mass is 35.5. The second kappa shape index (κ2) is 7.16. The van der Waals surface area contributed by atoms with Crippen LogP contribution in [0.2, 0.25) is 0 Å². The Bertz CT molecular complexity index is 214. The van der Waals surface area contributed by atoms with Gasteiger partial charge >= 0.3 is 0 Å². The maximum Gasteiger partial charge on any atom is 0.222 e. The van der Waals surface area contributed by atoms with Crippen molar-refractivity contribution in [2.45, 2.75) is 57.2 Å². The highest BCUT2D eigenvalue weighted by Gasteiger charge is 2.28. The van der Waals surface area contributed by atoms with Crippen molar-refractivity contribution in [3.05, 3.63) is 0 Å². The zero-order chi connectivity index (χ0) is 12.0. The predicted octanol–water partition coefficient (Wildman–Crippen LogP) is 3.43. The third-order valence-electron chi connectivity index (χ3n) is 3.38. The van der Waals surface area contributed by atoms with Crippen LogP contribution in [-0.4, -0.2) is 29.8 Å². The van der Waals surface area contributed by atoms with Crippen molar-refractivity contribution in [1.82, 2.24) is 4.90 Å². The molecule has 3 heteroatoms. The molecular formula is C13H24ClNO. The first kappa shape index (κ1) is 13.8. The fraction of sp³-hybridized carbons (Fsp3) is 0.923. The van der Waals surface area contributed by atoms with E-state index in [-0.39, 0.29) is 0 Å². The van der Waals surface area contributed by atoms with Gasteiger partial charge in [0.1, 0.15) is 0 Å². The molecule has 0 N–H and O–H groups in total. The van der Waals surface area contributed by atoms with Crippen LogP contribution in [-0.2, 0) is 4.79 Å². The monoisotopic (exact) mass is 245 g/mol. The van der Waals surface area contributed by atoms with Gasteiger partial charge in [-0.25, -0.2) is 0 Å². The van der Waals surface area contributed by atoms with Crippen molar-refractivity contribution < 1.29 is 4.79 Å². The van der Waals surface area contributed by atoms with Gasteiger partial charge in [0.15, 0.2) is 0 Å². The minimum atomic E-state index is 0.300. The largest absolute Gasteiger partial charge is 0.345 e. The molecule has 0 unspecified atom stereocenters. The second-order valence-corrected chi connectivity index (χ2v) is 5.64. The molecule has 0 aromatic heterocycles. The number of carbonyl (C=O) groups is 1. The van der Waals surface area contributed by atoms with Crippen molar-refractivity contribution in [3.63, 3.8) is 0 Å². The Morgan fingerprint density at radius 3 is 2.56 bits per heavy atom. The van der Waals surface area contributed by atoms with Gasteiger partial charge in [0.25, 0.3) is 0 Å². The van der Waals surface area contributed by atoms with E-state index in [1.54, 1.807) is 0 Å². The number of hydrogen-bond acceptors (Lipinski definition) is 1. The molecule has 1 amide bonds. The van der Waals surface area contributed by atoms with E-state index in [9.17, 15) is 4.79 Å². The Morgan fingerprint density at radius 1 is 1.31 bits per heavy atom. The van der Waals surface area contributed by atoms with Gasteiger partial charge in [-0.2, -0.15) is 0 Å². The number of amides is 1. The van der Waals surface area contributed by atoms with Crippen LogP contribution < -0.4 is 0 Å². The summed E-state index contributed by atoms with van der Waals surface area (Å²) in [6, 6.07) is 0. The Kier molecular flexibility index (Phi) is 6.18. The highest BCUT2D eigenvalue weighted by molar-refractivity contribution is 6.21. The fourth-order valence-corrected chi connectivity index (χ4v) is 2.69. The zero-order valence-corrected chi connectivity index (χ0v) is 11.3. The number of nitrogens with zero attached hydrogens (tertiary/aromatic N) is 1. The number of alkyl halides is 1. The van der Waals surface area contributed by atoms with Crippen LogP contribution in [0.4, 0.5) is 0 Å². The van der Waals surface area contributed by atoms with E-state index in [4.69, 9.17) is 11.6 Å². The van der Waals surface area contributed by atoms with Gasteiger partial charge in [0.2, 0.25) is 5.91 Å². The third kappa shape index (κ3) is 4.73. The van der Waals surface area contributed by atoms with Crippen LogP contribution in [0.3, 0.4) is 0 Å². The number of hydrogen-bond donors (Lipinski definition) is 0. The smallest absolute Gasteiger partial charge is 0.222 e. The lowest BCUT2D eigenvalue weighted by atomic mass is 9.84. The predicted molar refractivity (Wildman–Crippen MR) is 68.8 cm³/mol. The summed E-state index contributed by atoms with van der Waals surface area (Å²) in [7, 11) is 1.92. The van der Waals surface area contributed by atoms with Gasteiger partial charge in [-0.3, -0.25) is 4.79 Å². The van der Waals surface area contributed by atoms with Gasteiger partial charge in [0, 0.05) is 25.4 Å². The van der Waals surface area contributed by atoms with Gasteiger partial charge < -0.3 is 4.90 Å². The molecule has 0 bridgehead atoms. The van der Waals surface area contributed by atoms with E-state index in [1.165, 1.54) is 19.3 Å². The summed E-state index contributed by atoms with van der Waals surface area (Å²) >= 11 is 5.92. The molecule has 0 radical (unpaired) electrons. The molecule has 0 aliphatic heterocycles. The van der Waals surface area contributed by atoms with Crippen LogP contribution in [0.1, 0.15) is 51.9 Å². The molecular weight excluding hydrogens is 222 g/mol. The molecule has 2 nitrogen and oxygen atoms in total. The standard InChI is InChI=1S/C13H24ClNO/c1-3-4-5-6-7-13(16)15(2)10-11-8-12(14)9-11/h11-12H,3-10H2,1-2H3. The molecule has 0 saturated heterocycles. The summed E-state index contributed by atoms with van der Waals surface area (Å²) in [4.78, 5) is 13.6. The lowest BCUT2D eigenvalue weighted by Crippen LogP contribution is -2.37. The van der Waals surface area contributed by atoms with E-state index >= 15 is 0 Å². The molecule has 0 aromatic carbocycles.